The molecule has 0 aromatic heterocycles. The van der Waals surface area contributed by atoms with Crippen molar-refractivity contribution in [3.05, 3.63) is 108 Å². The summed E-state index contributed by atoms with van der Waals surface area (Å²) >= 11 is 0. The second-order valence-corrected chi connectivity index (χ2v) is 15.3. The van der Waals surface area contributed by atoms with Gasteiger partial charge in [0.05, 0.1) is 0 Å². The van der Waals surface area contributed by atoms with Crippen molar-refractivity contribution >= 4 is 7.26 Å². The molecule has 1 heteroatoms. The molecule has 0 saturated carbocycles. The van der Waals surface area contributed by atoms with Crippen LogP contribution in [0.2, 0.25) is 0 Å². The third-order valence-corrected chi connectivity index (χ3v) is 12.5. The molecule has 3 aromatic rings. The standard InChI is InChI=1S/C34H49P/c1-2-3-4-5-6-7-8-9-10-11-21-28-35(29-32-22-15-12-16-23-32,30-33-24-17-13-18-25-33)31-34-26-19-14-20-27-34/h12-20,22-27,35H,2-11,21,28-31H2,1H3. The molecule has 0 aliphatic heterocycles. The van der Waals surface area contributed by atoms with Crippen LogP contribution < -0.4 is 0 Å². The van der Waals surface area contributed by atoms with Crippen LogP contribution in [0.4, 0.5) is 0 Å². The van der Waals surface area contributed by atoms with Gasteiger partial charge in [-0.2, -0.15) is 0 Å². The van der Waals surface area contributed by atoms with Crippen molar-refractivity contribution in [2.75, 3.05) is 6.16 Å². The van der Waals surface area contributed by atoms with Gasteiger partial charge < -0.3 is 0 Å². The molecule has 35 heavy (non-hydrogen) atoms. The molecule has 3 rings (SSSR count). The first-order valence-corrected chi connectivity index (χ1v) is 17.2. The average molecular weight is 489 g/mol. The Bertz CT molecular complexity index is 786. The Morgan fingerprint density at radius 2 is 0.714 bits per heavy atom. The summed E-state index contributed by atoms with van der Waals surface area (Å²) in [6, 6.07) is 34.0. The molecule has 0 bridgehead atoms. The first-order valence-electron chi connectivity index (χ1n) is 14.4. The summed E-state index contributed by atoms with van der Waals surface area (Å²) in [5.41, 5.74) is 4.61. The first kappa shape index (κ1) is 27.7. The van der Waals surface area contributed by atoms with Gasteiger partial charge in [0.2, 0.25) is 0 Å². The normalized spacial score (nSPS) is 12.0. The Labute approximate surface area is 216 Å². The molecule has 0 N–H and O–H groups in total. The van der Waals surface area contributed by atoms with Crippen LogP contribution in [0, 0.1) is 0 Å². The van der Waals surface area contributed by atoms with Gasteiger partial charge in [0.25, 0.3) is 0 Å². The fraction of sp³-hybridized carbons (Fsp3) is 0.471. The van der Waals surface area contributed by atoms with E-state index in [1.165, 1.54) is 112 Å². The van der Waals surface area contributed by atoms with Crippen LogP contribution in [-0.4, -0.2) is 6.16 Å². The zero-order valence-electron chi connectivity index (χ0n) is 22.3. The van der Waals surface area contributed by atoms with Crippen LogP contribution in [0.5, 0.6) is 0 Å². The summed E-state index contributed by atoms with van der Waals surface area (Å²) in [5.74, 6) is 0. The summed E-state index contributed by atoms with van der Waals surface area (Å²) in [5, 5.41) is 0. The van der Waals surface area contributed by atoms with Gasteiger partial charge in [0.1, 0.15) is 0 Å². The molecular formula is C34H49P. The minimum absolute atomic E-state index is 1.29. The van der Waals surface area contributed by atoms with Gasteiger partial charge >= 0.3 is 210 Å². The van der Waals surface area contributed by atoms with E-state index in [1.807, 2.05) is 0 Å². The third kappa shape index (κ3) is 11.1. The molecular weight excluding hydrogens is 439 g/mol. The van der Waals surface area contributed by atoms with E-state index in [4.69, 9.17) is 0 Å². The predicted octanol–water partition coefficient (Wildman–Crippen LogP) is 10.6. The van der Waals surface area contributed by atoms with E-state index in [-0.39, 0.29) is 0 Å². The molecule has 3 aromatic carbocycles. The molecule has 0 heterocycles. The van der Waals surface area contributed by atoms with Crippen molar-refractivity contribution < 1.29 is 0 Å². The molecule has 0 spiro atoms. The maximum atomic E-state index is 2.36. The van der Waals surface area contributed by atoms with Gasteiger partial charge in [0.15, 0.2) is 0 Å². The summed E-state index contributed by atoms with van der Waals surface area (Å²) in [7, 11) is -1.61. The monoisotopic (exact) mass is 488 g/mol. The number of hydrogen-bond donors (Lipinski definition) is 0. The quantitative estimate of drug-likeness (QED) is 0.123. The second kappa shape index (κ2) is 16.7. The molecule has 0 saturated heterocycles. The van der Waals surface area contributed by atoms with Crippen LogP contribution in [0.3, 0.4) is 0 Å². The number of benzene rings is 3. The van der Waals surface area contributed by atoms with Gasteiger partial charge in [-0.15, -0.1) is 0 Å². The topological polar surface area (TPSA) is 0 Å². The Morgan fingerprint density at radius 1 is 0.400 bits per heavy atom. The number of unbranched alkanes of at least 4 members (excludes halogenated alkanes) is 10. The van der Waals surface area contributed by atoms with Crippen LogP contribution in [0.15, 0.2) is 91.0 Å². The van der Waals surface area contributed by atoms with Gasteiger partial charge in [-0.3, -0.25) is 0 Å². The summed E-state index contributed by atoms with van der Waals surface area (Å²) in [6.07, 6.45) is 20.9. The van der Waals surface area contributed by atoms with Crippen molar-refractivity contribution in [1.29, 1.82) is 0 Å². The average Bonchev–Trinajstić information content (AvgIpc) is 2.89. The second-order valence-electron chi connectivity index (χ2n) is 10.8. The van der Waals surface area contributed by atoms with E-state index in [9.17, 15) is 0 Å². The SMILES string of the molecule is CCCCCCCCCCCCC[PH](Cc1ccccc1)(Cc1ccccc1)Cc1ccccc1. The Kier molecular flexibility index (Phi) is 13.2. The van der Waals surface area contributed by atoms with Crippen LogP contribution in [-0.2, 0) is 18.5 Å². The van der Waals surface area contributed by atoms with Crippen LogP contribution >= 0.6 is 7.26 Å². The molecule has 0 unspecified atom stereocenters. The van der Waals surface area contributed by atoms with Crippen LogP contribution in [0.1, 0.15) is 94.2 Å². The third-order valence-electron chi connectivity index (χ3n) is 7.58. The number of hydrogen-bond acceptors (Lipinski definition) is 0. The summed E-state index contributed by atoms with van der Waals surface area (Å²) in [4.78, 5) is 0. The van der Waals surface area contributed by atoms with Gasteiger partial charge in [0, 0.05) is 0 Å². The van der Waals surface area contributed by atoms with Crippen molar-refractivity contribution in [2.45, 2.75) is 96.0 Å². The molecule has 0 amide bonds. The molecule has 190 valence electrons. The zero-order chi connectivity index (χ0) is 24.4. The molecule has 0 atom stereocenters. The first-order chi connectivity index (χ1) is 17.3. The van der Waals surface area contributed by atoms with E-state index in [2.05, 4.69) is 97.9 Å². The Hall–Kier alpha value is -1.91. The predicted molar refractivity (Wildman–Crippen MR) is 160 cm³/mol. The van der Waals surface area contributed by atoms with Crippen molar-refractivity contribution in [2.24, 2.45) is 0 Å². The van der Waals surface area contributed by atoms with E-state index < -0.39 is 7.26 Å². The molecule has 0 aliphatic carbocycles. The van der Waals surface area contributed by atoms with Crippen molar-refractivity contribution in [3.63, 3.8) is 0 Å². The fourth-order valence-electron chi connectivity index (χ4n) is 5.70. The molecule has 0 nitrogen and oxygen atoms in total. The van der Waals surface area contributed by atoms with E-state index in [0.717, 1.165) is 0 Å². The van der Waals surface area contributed by atoms with Crippen molar-refractivity contribution in [3.8, 4) is 0 Å². The fourth-order valence-corrected chi connectivity index (χ4v) is 10.9. The number of rotatable bonds is 18. The summed E-state index contributed by atoms with van der Waals surface area (Å²) < 4.78 is 0. The van der Waals surface area contributed by atoms with Gasteiger partial charge in [-0.05, 0) is 0 Å². The van der Waals surface area contributed by atoms with E-state index in [1.54, 1.807) is 0 Å². The van der Waals surface area contributed by atoms with Gasteiger partial charge in [-0.25, -0.2) is 0 Å². The minimum atomic E-state index is -1.61. The van der Waals surface area contributed by atoms with Gasteiger partial charge in [-0.1, -0.05) is 6.92 Å². The molecule has 0 aliphatic rings. The van der Waals surface area contributed by atoms with E-state index >= 15 is 0 Å². The van der Waals surface area contributed by atoms with Crippen molar-refractivity contribution in [1.82, 2.24) is 0 Å². The van der Waals surface area contributed by atoms with E-state index in [0.29, 0.717) is 0 Å². The summed E-state index contributed by atoms with van der Waals surface area (Å²) in [6.45, 7) is 2.30. The Morgan fingerprint density at radius 3 is 1.06 bits per heavy atom. The van der Waals surface area contributed by atoms with Crippen LogP contribution in [0.25, 0.3) is 0 Å². The molecule has 0 fully saturated rings. The Balaban J connectivity index is 1.60. The zero-order valence-corrected chi connectivity index (χ0v) is 23.3. The molecule has 0 radical (unpaired) electrons. The maximum absolute atomic E-state index is 2.36.